The summed E-state index contributed by atoms with van der Waals surface area (Å²) in [6, 6.07) is 22.9. The number of benzene rings is 3. The monoisotopic (exact) mass is 362 g/mol. The Labute approximate surface area is 159 Å². The molecule has 0 fully saturated rings. The first kappa shape index (κ1) is 18.5. The van der Waals surface area contributed by atoms with Crippen LogP contribution in [0.2, 0.25) is 0 Å². The van der Waals surface area contributed by atoms with Crippen LogP contribution in [-0.4, -0.2) is 11.1 Å². The molecule has 0 aliphatic rings. The summed E-state index contributed by atoms with van der Waals surface area (Å²) in [5, 5.41) is 9.61. The Morgan fingerprint density at radius 2 is 1.41 bits per heavy atom. The largest absolute Gasteiger partial charge is 0.489 e. The molecule has 0 bridgehead atoms. The van der Waals surface area contributed by atoms with Crippen LogP contribution in [-0.2, 0) is 19.6 Å². The normalized spacial score (nSPS) is 10.4. The zero-order valence-electron chi connectivity index (χ0n) is 15.2. The molecule has 4 nitrogen and oxygen atoms in total. The first-order valence-corrected chi connectivity index (χ1v) is 8.91. The second kappa shape index (κ2) is 8.90. The van der Waals surface area contributed by atoms with Gasteiger partial charge in [-0.3, -0.25) is 0 Å². The van der Waals surface area contributed by atoms with Gasteiger partial charge in [0.1, 0.15) is 24.7 Å². The van der Waals surface area contributed by atoms with Gasteiger partial charge >= 0.3 is 5.97 Å². The van der Waals surface area contributed by atoms with Crippen LogP contribution in [0.1, 0.15) is 34.0 Å². The molecule has 4 heteroatoms. The molecular weight excluding hydrogens is 340 g/mol. The van der Waals surface area contributed by atoms with Crippen molar-refractivity contribution in [1.29, 1.82) is 0 Å². The van der Waals surface area contributed by atoms with Gasteiger partial charge in [0.15, 0.2) is 0 Å². The van der Waals surface area contributed by atoms with Gasteiger partial charge in [-0.15, -0.1) is 0 Å². The lowest BCUT2D eigenvalue weighted by Gasteiger charge is -2.16. The lowest BCUT2D eigenvalue weighted by molar-refractivity contribution is 0.0694. The van der Waals surface area contributed by atoms with Crippen LogP contribution in [0.4, 0.5) is 0 Å². The van der Waals surface area contributed by atoms with Crippen molar-refractivity contribution < 1.29 is 19.4 Å². The number of carboxylic acids is 1. The molecule has 0 radical (unpaired) electrons. The molecule has 0 atom stereocenters. The Hall–Kier alpha value is -3.27. The van der Waals surface area contributed by atoms with E-state index >= 15 is 0 Å². The van der Waals surface area contributed by atoms with Gasteiger partial charge in [0.25, 0.3) is 0 Å². The van der Waals surface area contributed by atoms with Crippen LogP contribution in [0, 0.1) is 0 Å². The highest BCUT2D eigenvalue weighted by Gasteiger charge is 2.17. The summed E-state index contributed by atoms with van der Waals surface area (Å²) in [6.07, 6.45) is 0.560. The Morgan fingerprint density at radius 3 is 1.93 bits per heavy atom. The number of ether oxygens (including phenoxy) is 2. The van der Waals surface area contributed by atoms with Crippen molar-refractivity contribution in [2.45, 2.75) is 26.6 Å². The predicted octanol–water partition coefficient (Wildman–Crippen LogP) is 5.11. The molecule has 3 rings (SSSR count). The molecule has 0 unspecified atom stereocenters. The lowest BCUT2D eigenvalue weighted by atomic mass is 10.0. The van der Waals surface area contributed by atoms with Crippen molar-refractivity contribution in [3.8, 4) is 11.5 Å². The van der Waals surface area contributed by atoms with Gasteiger partial charge in [0.2, 0.25) is 0 Å². The first-order chi connectivity index (χ1) is 13.2. The molecule has 1 N–H and O–H groups in total. The van der Waals surface area contributed by atoms with Crippen molar-refractivity contribution in [2.24, 2.45) is 0 Å². The smallest absolute Gasteiger partial charge is 0.336 e. The maximum atomic E-state index is 11.7. The van der Waals surface area contributed by atoms with Crippen LogP contribution in [0.25, 0.3) is 0 Å². The SMILES string of the molecule is CCc1c(OCc2ccccc2)cc(OCc2ccccc2)cc1C(=O)O. The van der Waals surface area contributed by atoms with Crippen LogP contribution >= 0.6 is 0 Å². The standard InChI is InChI=1S/C23H22O4/c1-2-20-21(23(24)25)13-19(26-15-17-9-5-3-6-10-17)14-22(20)27-16-18-11-7-4-8-12-18/h3-14H,2,15-16H2,1H3,(H,24,25). The van der Waals surface area contributed by atoms with Crippen molar-refractivity contribution in [3.05, 3.63) is 95.1 Å². The fourth-order valence-corrected chi connectivity index (χ4v) is 2.86. The van der Waals surface area contributed by atoms with Crippen LogP contribution in [0.5, 0.6) is 11.5 Å². The first-order valence-electron chi connectivity index (χ1n) is 8.91. The maximum absolute atomic E-state index is 11.7. The fourth-order valence-electron chi connectivity index (χ4n) is 2.86. The Morgan fingerprint density at radius 1 is 0.852 bits per heavy atom. The van der Waals surface area contributed by atoms with Crippen LogP contribution in [0.15, 0.2) is 72.8 Å². The van der Waals surface area contributed by atoms with Crippen LogP contribution in [0.3, 0.4) is 0 Å². The van der Waals surface area contributed by atoms with Gasteiger partial charge in [-0.2, -0.15) is 0 Å². The minimum absolute atomic E-state index is 0.214. The fraction of sp³-hybridized carbons (Fsp3) is 0.174. The molecule has 27 heavy (non-hydrogen) atoms. The summed E-state index contributed by atoms with van der Waals surface area (Å²) < 4.78 is 11.8. The van der Waals surface area contributed by atoms with Gasteiger partial charge in [0, 0.05) is 11.6 Å². The zero-order valence-corrected chi connectivity index (χ0v) is 15.2. The number of carboxylic acid groups (broad SMARTS) is 1. The highest BCUT2D eigenvalue weighted by atomic mass is 16.5. The third-order valence-corrected chi connectivity index (χ3v) is 4.25. The molecule has 0 aliphatic heterocycles. The number of aromatic carboxylic acids is 1. The summed E-state index contributed by atoms with van der Waals surface area (Å²) in [5.41, 5.74) is 2.92. The topological polar surface area (TPSA) is 55.8 Å². The number of carbonyl (C=O) groups is 1. The molecule has 0 saturated heterocycles. The molecule has 138 valence electrons. The maximum Gasteiger partial charge on any atom is 0.336 e. The quantitative estimate of drug-likeness (QED) is 0.605. The van der Waals surface area contributed by atoms with Crippen LogP contribution < -0.4 is 9.47 Å². The zero-order chi connectivity index (χ0) is 19.1. The van der Waals surface area contributed by atoms with E-state index in [9.17, 15) is 9.90 Å². The van der Waals surface area contributed by atoms with Crippen molar-refractivity contribution in [1.82, 2.24) is 0 Å². The second-order valence-electron chi connectivity index (χ2n) is 6.15. The molecule has 0 amide bonds. The van der Waals surface area contributed by atoms with E-state index in [2.05, 4.69) is 0 Å². The van der Waals surface area contributed by atoms with E-state index in [4.69, 9.17) is 9.47 Å². The molecule has 0 heterocycles. The third-order valence-electron chi connectivity index (χ3n) is 4.25. The van der Waals surface area contributed by atoms with Crippen molar-refractivity contribution in [3.63, 3.8) is 0 Å². The lowest BCUT2D eigenvalue weighted by Crippen LogP contribution is -2.07. The van der Waals surface area contributed by atoms with Gasteiger partial charge in [-0.25, -0.2) is 4.79 Å². The average Bonchev–Trinajstić information content (AvgIpc) is 2.71. The summed E-state index contributed by atoms with van der Waals surface area (Å²) in [4.78, 5) is 11.7. The average molecular weight is 362 g/mol. The highest BCUT2D eigenvalue weighted by Crippen LogP contribution is 2.31. The van der Waals surface area contributed by atoms with E-state index in [0.717, 1.165) is 11.1 Å². The van der Waals surface area contributed by atoms with Gasteiger partial charge in [-0.05, 0) is 23.6 Å². The van der Waals surface area contributed by atoms with E-state index in [1.54, 1.807) is 12.1 Å². The van der Waals surface area contributed by atoms with E-state index in [-0.39, 0.29) is 5.56 Å². The molecule has 0 saturated carbocycles. The van der Waals surface area contributed by atoms with E-state index in [1.807, 2.05) is 67.6 Å². The molecule has 3 aromatic carbocycles. The number of rotatable bonds is 8. The Kier molecular flexibility index (Phi) is 6.10. The van der Waals surface area contributed by atoms with Crippen molar-refractivity contribution in [2.75, 3.05) is 0 Å². The number of hydrogen-bond acceptors (Lipinski definition) is 3. The van der Waals surface area contributed by atoms with Gasteiger partial charge in [-0.1, -0.05) is 67.6 Å². The highest BCUT2D eigenvalue weighted by molar-refractivity contribution is 5.91. The summed E-state index contributed by atoms with van der Waals surface area (Å²) in [5.74, 6) is 0.0439. The Balaban J connectivity index is 1.85. The summed E-state index contributed by atoms with van der Waals surface area (Å²) >= 11 is 0. The third kappa shape index (κ3) is 4.88. The Bertz CT molecular complexity index is 889. The van der Waals surface area contributed by atoms with Crippen molar-refractivity contribution >= 4 is 5.97 Å². The summed E-state index contributed by atoms with van der Waals surface area (Å²) in [6.45, 7) is 2.65. The molecule has 0 aromatic heterocycles. The molecule has 0 spiro atoms. The molecular formula is C23H22O4. The van der Waals surface area contributed by atoms with Gasteiger partial charge < -0.3 is 14.6 Å². The summed E-state index contributed by atoms with van der Waals surface area (Å²) in [7, 11) is 0. The van der Waals surface area contributed by atoms with E-state index < -0.39 is 5.97 Å². The second-order valence-corrected chi connectivity index (χ2v) is 6.15. The molecule has 3 aromatic rings. The minimum Gasteiger partial charge on any atom is -0.489 e. The minimum atomic E-state index is -0.985. The van der Waals surface area contributed by atoms with E-state index in [0.29, 0.717) is 36.7 Å². The molecule has 0 aliphatic carbocycles. The van der Waals surface area contributed by atoms with E-state index in [1.165, 1.54) is 0 Å². The number of hydrogen-bond donors (Lipinski definition) is 1. The predicted molar refractivity (Wildman–Crippen MR) is 104 cm³/mol. The van der Waals surface area contributed by atoms with Gasteiger partial charge in [0.05, 0.1) is 5.56 Å².